The summed E-state index contributed by atoms with van der Waals surface area (Å²) >= 11 is 0. The average Bonchev–Trinajstić information content (AvgIpc) is 0.858. The molecule has 52 N–H and O–H groups in total. The van der Waals surface area contributed by atoms with Crippen LogP contribution in [0.1, 0.15) is 44.5 Å². The molecule has 0 aliphatic rings. The first-order valence-corrected chi connectivity index (χ1v) is 40.2. The van der Waals surface area contributed by atoms with Crippen molar-refractivity contribution in [2.75, 3.05) is 84.6 Å². The summed E-state index contributed by atoms with van der Waals surface area (Å²) in [6, 6.07) is 37.2. The molecule has 760 valence electrons. The number of benzene rings is 8. The monoisotopic (exact) mass is 1950 g/mol. The molecule has 8 aromatic rings. The largest absolute Gasteiger partial charge is 0.504 e. The lowest BCUT2D eigenvalue weighted by atomic mass is 10.2. The minimum Gasteiger partial charge on any atom is -0.504 e. The minimum absolute atomic E-state index is 0.00365. The number of aliphatic imine (C=N–C) groups is 12. The fourth-order valence-corrected chi connectivity index (χ4v) is 9.91. The molecule has 8 aromatic carbocycles. The van der Waals surface area contributed by atoms with Crippen LogP contribution in [0, 0.1) is 21.6 Å². The minimum atomic E-state index is -0.244. The smallest absolute Gasteiger partial charge is 0.223 e. The summed E-state index contributed by atoms with van der Waals surface area (Å²) in [4.78, 5) is 55.8. The summed E-state index contributed by atoms with van der Waals surface area (Å²) < 4.78 is 0. The molecule has 0 aromatic heterocycles. The van der Waals surface area contributed by atoms with Crippen molar-refractivity contribution in [3.63, 3.8) is 0 Å². The second-order valence-electron chi connectivity index (χ2n) is 28.5. The Kier molecular flexibility index (Phi) is 50.6. The van der Waals surface area contributed by atoms with Crippen molar-refractivity contribution in [2.45, 2.75) is 52.4 Å². The highest BCUT2D eigenvalue weighted by atomic mass is 16.3. The molecule has 0 atom stereocenters. The molecule has 0 bridgehead atoms. The van der Waals surface area contributed by atoms with Gasteiger partial charge in [0, 0.05) is 162 Å². The zero-order valence-electron chi connectivity index (χ0n) is 78.8. The van der Waals surface area contributed by atoms with E-state index in [1.54, 1.807) is 161 Å². The molecule has 0 fully saturated rings. The third-order valence-corrected chi connectivity index (χ3v) is 17.7. The van der Waals surface area contributed by atoms with Crippen molar-refractivity contribution in [1.29, 1.82) is 21.6 Å². The van der Waals surface area contributed by atoms with Crippen LogP contribution in [-0.2, 0) is 52.4 Å². The highest BCUT2D eigenvalue weighted by Gasteiger charge is 2.19. The van der Waals surface area contributed by atoms with E-state index in [1.165, 1.54) is 103 Å². The van der Waals surface area contributed by atoms with Gasteiger partial charge in [0.1, 0.15) is 0 Å². The number of nitrogens with two attached hydrogens (primary N) is 15. The molecule has 56 heteroatoms. The molecular formula is C84H128N40O16. The van der Waals surface area contributed by atoms with Crippen molar-refractivity contribution >= 4 is 95.4 Å². The second-order valence-corrected chi connectivity index (χ2v) is 28.5. The highest BCUT2D eigenvalue weighted by molar-refractivity contribution is 5.99. The number of hydrogen-bond donors (Lipinski definition) is 37. The third kappa shape index (κ3) is 42.4. The lowest BCUT2D eigenvalue weighted by Gasteiger charge is -2.26. The van der Waals surface area contributed by atoms with Crippen LogP contribution in [0.4, 0.5) is 0 Å². The maximum Gasteiger partial charge on any atom is 0.223 e. The van der Waals surface area contributed by atoms with Crippen LogP contribution < -0.4 is 96.6 Å². The fraction of sp³-hybridized carbons (Fsp3) is 0.238. The summed E-state index contributed by atoms with van der Waals surface area (Å²) in [5.41, 5.74) is 84.4. The van der Waals surface area contributed by atoms with E-state index in [9.17, 15) is 81.7 Å². The molecule has 0 aliphatic carbocycles. The highest BCUT2D eigenvalue weighted by Crippen LogP contribution is 2.35. The molecule has 8 rings (SSSR count). The Morgan fingerprint density at radius 1 is 0.293 bits per heavy atom. The first kappa shape index (κ1) is 118. The topological polar surface area (TPSA) is 1000 Å². The number of nitrogens with one attached hydrogen (secondary N) is 6. The van der Waals surface area contributed by atoms with Crippen LogP contribution in [-0.4, -0.2) is 296 Å². The molecule has 0 aliphatic heterocycles. The van der Waals surface area contributed by atoms with Crippen molar-refractivity contribution < 1.29 is 81.7 Å². The normalized spacial score (nSPS) is 11.3. The molecule has 0 spiro atoms. The van der Waals surface area contributed by atoms with Gasteiger partial charge in [0.05, 0.1) is 19.6 Å². The van der Waals surface area contributed by atoms with Crippen LogP contribution in [0.2, 0.25) is 0 Å². The number of para-hydroxylation sites is 8. The summed E-state index contributed by atoms with van der Waals surface area (Å²) in [6.45, 7) is 1.57. The second kappa shape index (κ2) is 59.8. The van der Waals surface area contributed by atoms with Crippen LogP contribution in [0.3, 0.4) is 0 Å². The van der Waals surface area contributed by atoms with E-state index in [2.05, 4.69) is 70.5 Å². The number of guanidine groups is 16. The van der Waals surface area contributed by atoms with Crippen molar-refractivity contribution in [3.8, 4) is 92.0 Å². The van der Waals surface area contributed by atoms with Gasteiger partial charge in [-0.05, 0) is 48.5 Å². The Morgan fingerprint density at radius 3 is 0.943 bits per heavy atom. The standard InChI is InChI=1S/4C11H17N5O2.4C10H15N5O2/c1-16(2)11(13)15-10(12)14-6-7-4-3-5-8(17)9(7)18;1-14-10(12)15-11(13)16(2)6-7-4-3-5-8(17)9(7)18;1-15(11(14)16(2)10(12)13)6-7-4-3-5-8(17)9(7)18;1-14-11(15-10(12)13)16(2)6-7-4-3-5-8(17)9(7)18;1-13-9(11)15-10(12)14-5-6-3-2-4-7(16)8(6)17;1-15(10(13)14-9(11)12)5-6-3-2-4-7(16)8(6)17;1-15(9(11)12)10(13)14-5-6-3-2-4-7(16)8(6)17;1-13-10(15-9(11)12)14-5-6-3-2-4-7(16)8(6)17/h2*3-5,17-18H,6H2,1-2H3,(H4,12,13,14,15);3-5,14,17-18H,6H2,1-2H3,(H3,12,13);3-5,17-18H,6H2,1-2H3,(H4,12,13,14,15);2-4,16-17H,5H2,1H3,(H5,11,12,13,14,15);2-4,16-17H,5H2,1H3,(H5,11,12,13,14);2-4,16-17H,5H2,1H3,(H3,11,12)(H2,13,14);2-4,16-17H,5H2,1H3,(H5,11,12,13,14,15). The maximum atomic E-state index is 9.68. The number of aromatic hydroxyl groups is 16. The van der Waals surface area contributed by atoms with Gasteiger partial charge in [-0.1, -0.05) is 97.1 Å². The predicted octanol–water partition coefficient (Wildman–Crippen LogP) is -1.98. The predicted molar refractivity (Wildman–Crippen MR) is 541 cm³/mol. The van der Waals surface area contributed by atoms with E-state index in [0.717, 1.165) is 0 Å². The van der Waals surface area contributed by atoms with Gasteiger partial charge in [-0.25, -0.2) is 15.0 Å². The zero-order valence-corrected chi connectivity index (χ0v) is 78.8. The van der Waals surface area contributed by atoms with Gasteiger partial charge in [-0.3, -0.25) is 56.7 Å². The lowest BCUT2D eigenvalue weighted by Crippen LogP contribution is -2.45. The molecular weight excluding hydrogens is 1830 g/mol. The fourth-order valence-electron chi connectivity index (χ4n) is 9.91. The average molecular weight is 1950 g/mol. The molecule has 56 nitrogen and oxygen atoms in total. The van der Waals surface area contributed by atoms with Crippen LogP contribution in [0.5, 0.6) is 92.0 Å². The van der Waals surface area contributed by atoms with Gasteiger partial charge in [-0.2, -0.15) is 25.0 Å². The summed E-state index contributed by atoms with van der Waals surface area (Å²) in [5.74, 6) is -2.78. The van der Waals surface area contributed by atoms with E-state index in [-0.39, 0.29) is 227 Å². The molecule has 0 unspecified atom stereocenters. The molecule has 0 radical (unpaired) electrons. The molecule has 0 heterocycles. The number of nitrogens with zero attached hydrogens (tertiary/aromatic N) is 19. The van der Waals surface area contributed by atoms with Gasteiger partial charge >= 0.3 is 0 Å². The van der Waals surface area contributed by atoms with Gasteiger partial charge in [0.25, 0.3) is 0 Å². The van der Waals surface area contributed by atoms with E-state index < -0.39 is 0 Å². The van der Waals surface area contributed by atoms with Crippen LogP contribution in [0.15, 0.2) is 206 Å². The molecule has 140 heavy (non-hydrogen) atoms. The molecule has 0 saturated heterocycles. The number of hydrogen-bond acceptors (Lipinski definition) is 27. The SMILES string of the molecule is CN(C(=N)N)C(N)=NCc1cccc(O)c1O.CN(C)C(N)=NC(N)=NCc1cccc(O)c1O.CN(Cc1cccc(O)c1O)C(=N)N(C)C(=N)N.CN(Cc1cccc(O)c1O)C(=N)N=C(N)N.CN=C(N)N=C(N)N(C)Cc1cccc(O)c1O.CN=C(N)NC(N)=NCc1cccc(O)c1O.CN=C(N=C(N)N)N(C)Cc1cccc(O)c1O.CN=C(N=C(N)N)NCc1cccc(O)c1O. The van der Waals surface area contributed by atoms with Crippen molar-refractivity contribution in [2.24, 2.45) is 146 Å². The summed E-state index contributed by atoms with van der Waals surface area (Å²) in [6.07, 6.45) is 0. The zero-order chi connectivity index (χ0) is 107. The third-order valence-electron chi connectivity index (χ3n) is 17.7. The van der Waals surface area contributed by atoms with Gasteiger partial charge < -0.3 is 198 Å². The summed E-state index contributed by atoms with van der Waals surface area (Å²) in [5, 5.41) is 186. The quantitative estimate of drug-likeness (QED) is 0.0283. The number of phenols is 16. The van der Waals surface area contributed by atoms with Crippen molar-refractivity contribution in [1.82, 2.24) is 44.9 Å². The van der Waals surface area contributed by atoms with Gasteiger partial charge in [-0.15, -0.1) is 0 Å². The van der Waals surface area contributed by atoms with E-state index in [1.807, 2.05) is 0 Å². The van der Waals surface area contributed by atoms with E-state index in [4.69, 9.17) is 108 Å². The van der Waals surface area contributed by atoms with Gasteiger partial charge in [0.2, 0.25) is 29.8 Å². The Hall–Kier alpha value is -19.5. The Morgan fingerprint density at radius 2 is 0.607 bits per heavy atom. The molecule has 0 amide bonds. The number of rotatable bonds is 16. The maximum absolute atomic E-state index is 9.68. The van der Waals surface area contributed by atoms with Crippen LogP contribution >= 0.6 is 0 Å². The van der Waals surface area contributed by atoms with Crippen molar-refractivity contribution in [3.05, 3.63) is 190 Å². The van der Waals surface area contributed by atoms with Crippen LogP contribution in [0.25, 0.3) is 0 Å². The van der Waals surface area contributed by atoms with E-state index >= 15 is 0 Å². The van der Waals surface area contributed by atoms with E-state index in [0.29, 0.717) is 57.0 Å². The first-order chi connectivity index (χ1) is 65.6. The molecule has 0 saturated carbocycles. The van der Waals surface area contributed by atoms with Gasteiger partial charge in [0.15, 0.2) is 158 Å². The lowest BCUT2D eigenvalue weighted by molar-refractivity contribution is 0.383. The summed E-state index contributed by atoms with van der Waals surface area (Å²) in [7, 11) is 19.2. The Balaban J connectivity index is 0.000000800. The Bertz CT molecular complexity index is 5840. The number of phenolic OH excluding ortho intramolecular Hbond substituents is 16. The first-order valence-electron chi connectivity index (χ1n) is 40.2. The Labute approximate surface area is 805 Å².